The van der Waals surface area contributed by atoms with E-state index in [4.69, 9.17) is 4.74 Å². The molecule has 0 radical (unpaired) electrons. The van der Waals surface area contributed by atoms with Crippen LogP contribution in [-0.4, -0.2) is 49.5 Å². The van der Waals surface area contributed by atoms with Gasteiger partial charge in [-0.15, -0.1) is 0 Å². The normalized spacial score (nSPS) is 14.6. The zero-order chi connectivity index (χ0) is 29.0. The highest BCUT2D eigenvalue weighted by atomic mass is 32.2. The van der Waals surface area contributed by atoms with Crippen molar-refractivity contribution in [2.24, 2.45) is 5.10 Å². The van der Waals surface area contributed by atoms with Crippen LogP contribution in [-0.2, 0) is 10.0 Å². The van der Waals surface area contributed by atoms with Crippen molar-refractivity contribution in [3.05, 3.63) is 83.7 Å². The first-order valence-corrected chi connectivity index (χ1v) is 15.8. The first-order chi connectivity index (χ1) is 19.8. The number of hydrogen-bond acceptors (Lipinski definition) is 7. The smallest absolute Gasteiger partial charge is 0.280 e. The third-order valence-electron chi connectivity index (χ3n) is 7.09. The summed E-state index contributed by atoms with van der Waals surface area (Å²) in [4.78, 5) is 18.3. The number of carbonyl (C=O) groups excluding carboxylic acids is 1. The van der Waals surface area contributed by atoms with Crippen molar-refractivity contribution in [3.63, 3.8) is 0 Å². The predicted octanol–water partition coefficient (Wildman–Crippen LogP) is 6.47. The van der Waals surface area contributed by atoms with E-state index < -0.39 is 21.7 Å². The lowest BCUT2D eigenvalue weighted by atomic mass is 9.96. The Hall–Kier alpha value is -3.67. The van der Waals surface area contributed by atoms with Gasteiger partial charge in [0.1, 0.15) is 11.6 Å². The first-order valence-electron chi connectivity index (χ1n) is 13.5. The molecular weight excluding hydrogens is 563 g/mol. The minimum atomic E-state index is -3.71. The zero-order valence-electron chi connectivity index (χ0n) is 22.9. The molecule has 1 heterocycles. The first kappa shape index (κ1) is 28.8. The fraction of sp³-hybridized carbons (Fsp3) is 0.300. The maximum atomic E-state index is 13.8. The van der Waals surface area contributed by atoms with E-state index in [1.54, 1.807) is 25.2 Å². The van der Waals surface area contributed by atoms with Gasteiger partial charge in [-0.3, -0.25) is 4.79 Å². The molecule has 0 bridgehead atoms. The molecule has 0 unspecified atom stereocenters. The van der Waals surface area contributed by atoms with Crippen LogP contribution in [0.25, 0.3) is 10.2 Å². The third-order valence-corrected chi connectivity index (χ3v) is 10.0. The molecule has 0 saturated heterocycles. The Morgan fingerprint density at radius 2 is 1.78 bits per heavy atom. The maximum Gasteiger partial charge on any atom is 0.280 e. The zero-order valence-corrected chi connectivity index (χ0v) is 24.5. The van der Waals surface area contributed by atoms with Gasteiger partial charge < -0.3 is 4.74 Å². The van der Waals surface area contributed by atoms with Crippen LogP contribution in [0, 0.1) is 5.82 Å². The summed E-state index contributed by atoms with van der Waals surface area (Å²) in [6, 6.07) is 17.3. The summed E-state index contributed by atoms with van der Waals surface area (Å²) in [6.07, 6.45) is 6.38. The fourth-order valence-corrected chi connectivity index (χ4v) is 7.17. The van der Waals surface area contributed by atoms with Gasteiger partial charge in [0.2, 0.25) is 15.2 Å². The van der Waals surface area contributed by atoms with E-state index >= 15 is 0 Å². The second-order valence-corrected chi connectivity index (χ2v) is 12.8. The molecule has 0 spiro atoms. The number of ether oxygens (including phenoxy) is 1. The molecule has 1 amide bonds. The summed E-state index contributed by atoms with van der Waals surface area (Å²) in [5.41, 5.74) is 1.50. The summed E-state index contributed by atoms with van der Waals surface area (Å²) in [6.45, 7) is 2.45. The topological polar surface area (TPSA) is 92.2 Å². The van der Waals surface area contributed by atoms with Crippen molar-refractivity contribution in [1.82, 2.24) is 9.29 Å². The molecule has 5 rings (SSSR count). The molecule has 1 saturated carbocycles. The van der Waals surface area contributed by atoms with E-state index in [0.29, 0.717) is 16.8 Å². The van der Waals surface area contributed by atoms with Gasteiger partial charge in [0.25, 0.3) is 5.91 Å². The Kier molecular flexibility index (Phi) is 8.77. The van der Waals surface area contributed by atoms with Gasteiger partial charge in [-0.1, -0.05) is 30.6 Å². The lowest BCUT2D eigenvalue weighted by Gasteiger charge is -2.30. The van der Waals surface area contributed by atoms with Gasteiger partial charge in [0, 0.05) is 18.7 Å². The number of amides is 1. The van der Waals surface area contributed by atoms with Crippen LogP contribution >= 0.6 is 11.3 Å². The molecule has 214 valence electrons. The van der Waals surface area contributed by atoms with E-state index in [0.717, 1.165) is 59.8 Å². The third kappa shape index (κ3) is 6.47. The van der Waals surface area contributed by atoms with E-state index in [1.807, 2.05) is 19.1 Å². The van der Waals surface area contributed by atoms with Gasteiger partial charge in [0.05, 0.1) is 27.9 Å². The molecule has 0 atom stereocenters. The number of thiazole rings is 1. The number of nitrogens with zero attached hydrogens (tertiary/aromatic N) is 4. The highest BCUT2D eigenvalue weighted by Gasteiger charge is 2.29. The van der Waals surface area contributed by atoms with Gasteiger partial charge in [-0.05, 0) is 92.1 Å². The number of sulfonamides is 1. The fourth-order valence-electron chi connectivity index (χ4n) is 4.81. The maximum absolute atomic E-state index is 13.8. The van der Waals surface area contributed by atoms with E-state index in [2.05, 4.69) is 10.1 Å². The molecule has 8 nitrogen and oxygen atoms in total. The monoisotopic (exact) mass is 594 g/mol. The van der Waals surface area contributed by atoms with Crippen LogP contribution in [0.15, 0.2) is 76.7 Å². The average Bonchev–Trinajstić information content (AvgIpc) is 3.41. The number of rotatable bonds is 9. The summed E-state index contributed by atoms with van der Waals surface area (Å²) >= 11 is 1.13. The largest absolute Gasteiger partial charge is 0.494 e. The molecular formula is C30H31FN4O4S2. The Labute approximate surface area is 243 Å². The Morgan fingerprint density at radius 1 is 1.07 bits per heavy atom. The summed E-state index contributed by atoms with van der Waals surface area (Å²) < 4.78 is 47.9. The highest BCUT2D eigenvalue weighted by Crippen LogP contribution is 2.31. The molecule has 1 aliphatic rings. The number of hydrazone groups is 1. The molecule has 3 aromatic carbocycles. The van der Waals surface area contributed by atoms with Crippen LogP contribution in [0.3, 0.4) is 0 Å². The Morgan fingerprint density at radius 3 is 2.46 bits per heavy atom. The number of aromatic nitrogens is 1. The van der Waals surface area contributed by atoms with Crippen molar-refractivity contribution in [1.29, 1.82) is 0 Å². The molecule has 1 aromatic heterocycles. The van der Waals surface area contributed by atoms with Gasteiger partial charge in [-0.2, -0.15) is 14.4 Å². The van der Waals surface area contributed by atoms with Crippen molar-refractivity contribution >= 4 is 48.8 Å². The SMILES string of the molecule is CCOc1ccc(/C=N/N(C(=O)c2ccc(S(=O)(=O)N(C)C3CCCCC3)cc2)c2nc3ccc(F)cc3s2)cc1. The Balaban J connectivity index is 1.44. The van der Waals surface area contributed by atoms with Crippen LogP contribution in [0.1, 0.15) is 54.9 Å². The molecule has 11 heteroatoms. The standard InChI is InChI=1S/C30H31FN4O4S2/c1-3-39-25-14-9-21(10-15-25)20-32-35(30-33-27-18-13-23(31)19-28(27)40-30)29(36)22-11-16-26(17-12-22)41(37,38)34(2)24-7-5-4-6-8-24/h9-20,24H,3-8H2,1-2H3/b32-20+. The molecule has 0 aliphatic heterocycles. The van der Waals surface area contributed by atoms with Crippen molar-refractivity contribution < 1.29 is 22.3 Å². The van der Waals surface area contributed by atoms with Crippen molar-refractivity contribution in [2.45, 2.75) is 50.0 Å². The summed E-state index contributed by atoms with van der Waals surface area (Å²) in [7, 11) is -2.08. The summed E-state index contributed by atoms with van der Waals surface area (Å²) in [5.74, 6) is -0.190. The van der Waals surface area contributed by atoms with Crippen LogP contribution in [0.4, 0.5) is 9.52 Å². The number of benzene rings is 3. The predicted molar refractivity (Wildman–Crippen MR) is 160 cm³/mol. The number of hydrogen-bond donors (Lipinski definition) is 0. The number of halogens is 1. The lowest BCUT2D eigenvalue weighted by Crippen LogP contribution is -2.38. The van der Waals surface area contributed by atoms with Gasteiger partial charge >= 0.3 is 0 Å². The van der Waals surface area contributed by atoms with Crippen LogP contribution < -0.4 is 9.75 Å². The van der Waals surface area contributed by atoms with E-state index in [1.165, 1.54) is 46.9 Å². The minimum Gasteiger partial charge on any atom is -0.494 e. The average molecular weight is 595 g/mol. The van der Waals surface area contributed by atoms with Crippen molar-refractivity contribution in [2.75, 3.05) is 18.7 Å². The molecule has 1 aliphatic carbocycles. The van der Waals surface area contributed by atoms with Gasteiger partial charge in [-0.25, -0.2) is 17.8 Å². The lowest BCUT2D eigenvalue weighted by molar-refractivity contribution is 0.0987. The molecule has 1 fully saturated rings. The van der Waals surface area contributed by atoms with E-state index in [-0.39, 0.29) is 21.6 Å². The summed E-state index contributed by atoms with van der Waals surface area (Å²) in [5, 5.41) is 5.85. The second-order valence-electron chi connectivity index (χ2n) is 9.81. The number of carbonyl (C=O) groups is 1. The molecule has 0 N–H and O–H groups in total. The Bertz CT molecular complexity index is 1650. The van der Waals surface area contributed by atoms with Gasteiger partial charge in [0.15, 0.2) is 0 Å². The number of fused-ring (bicyclic) bond motifs is 1. The van der Waals surface area contributed by atoms with E-state index in [9.17, 15) is 17.6 Å². The van der Waals surface area contributed by atoms with Crippen LogP contribution in [0.2, 0.25) is 0 Å². The van der Waals surface area contributed by atoms with Crippen molar-refractivity contribution in [3.8, 4) is 5.75 Å². The molecule has 4 aromatic rings. The van der Waals surface area contributed by atoms with Crippen LogP contribution in [0.5, 0.6) is 5.75 Å². The molecule has 41 heavy (non-hydrogen) atoms. The highest BCUT2D eigenvalue weighted by molar-refractivity contribution is 7.89. The second kappa shape index (κ2) is 12.5. The minimum absolute atomic E-state index is 0.0219. The quantitative estimate of drug-likeness (QED) is 0.164. The number of anilines is 1.